The normalized spacial score (nSPS) is 16.1. The fourth-order valence-electron chi connectivity index (χ4n) is 1.09. The maximum absolute atomic E-state index is 5.57. The molecule has 4 heteroatoms. The van der Waals surface area contributed by atoms with Crippen LogP contribution in [0.3, 0.4) is 0 Å². The molecule has 2 N–H and O–H groups in total. The first-order valence-electron chi connectivity index (χ1n) is 3.98. The van der Waals surface area contributed by atoms with Gasteiger partial charge >= 0.3 is 0 Å². The second-order valence-corrected chi connectivity index (χ2v) is 2.97. The van der Waals surface area contributed by atoms with E-state index in [0.29, 0.717) is 17.6 Å². The summed E-state index contributed by atoms with van der Waals surface area (Å²) in [6, 6.07) is 1.63. The number of ether oxygens (including phenoxy) is 1. The second-order valence-electron chi connectivity index (χ2n) is 2.97. The van der Waals surface area contributed by atoms with Gasteiger partial charge in [0.1, 0.15) is 11.6 Å². The number of anilines is 1. The van der Waals surface area contributed by atoms with Gasteiger partial charge in [-0.3, -0.25) is 0 Å². The van der Waals surface area contributed by atoms with E-state index in [0.717, 1.165) is 5.82 Å². The molecule has 12 heavy (non-hydrogen) atoms. The standard InChI is InChI=1S/C8H11N3O/c1-12-7-4-6(9)10-8(11-7)5-2-3-5/h4-5H,2-3H2,1H3,(H2,9,10,11). The summed E-state index contributed by atoms with van der Waals surface area (Å²) in [5.41, 5.74) is 5.57. The van der Waals surface area contributed by atoms with Crippen LogP contribution in [0.25, 0.3) is 0 Å². The molecule has 0 spiro atoms. The molecule has 0 aliphatic heterocycles. The second kappa shape index (κ2) is 2.62. The van der Waals surface area contributed by atoms with Gasteiger partial charge in [-0.1, -0.05) is 0 Å². The van der Waals surface area contributed by atoms with Gasteiger partial charge in [0.15, 0.2) is 0 Å². The summed E-state index contributed by atoms with van der Waals surface area (Å²) in [5, 5.41) is 0. The lowest BCUT2D eigenvalue weighted by molar-refractivity contribution is 0.395. The van der Waals surface area contributed by atoms with Gasteiger partial charge in [-0.15, -0.1) is 0 Å². The highest BCUT2D eigenvalue weighted by Crippen LogP contribution is 2.38. The van der Waals surface area contributed by atoms with Crippen LogP contribution in [0, 0.1) is 0 Å². The third-order valence-corrected chi connectivity index (χ3v) is 1.89. The van der Waals surface area contributed by atoms with Gasteiger partial charge in [-0.05, 0) is 12.8 Å². The molecule has 0 atom stereocenters. The number of aromatic nitrogens is 2. The fourth-order valence-corrected chi connectivity index (χ4v) is 1.09. The van der Waals surface area contributed by atoms with Crippen molar-refractivity contribution in [1.82, 2.24) is 9.97 Å². The van der Waals surface area contributed by atoms with E-state index in [1.807, 2.05) is 0 Å². The zero-order chi connectivity index (χ0) is 8.55. The van der Waals surface area contributed by atoms with E-state index < -0.39 is 0 Å². The van der Waals surface area contributed by atoms with E-state index in [1.54, 1.807) is 13.2 Å². The summed E-state index contributed by atoms with van der Waals surface area (Å²) >= 11 is 0. The Kier molecular flexibility index (Phi) is 1.60. The van der Waals surface area contributed by atoms with E-state index in [9.17, 15) is 0 Å². The molecule has 1 aromatic rings. The van der Waals surface area contributed by atoms with Crippen LogP contribution >= 0.6 is 0 Å². The molecule has 2 rings (SSSR count). The Labute approximate surface area is 70.8 Å². The first-order valence-corrected chi connectivity index (χ1v) is 3.98. The van der Waals surface area contributed by atoms with Crippen molar-refractivity contribution in [3.8, 4) is 5.88 Å². The van der Waals surface area contributed by atoms with Gasteiger partial charge in [0.2, 0.25) is 5.88 Å². The Morgan fingerprint density at radius 3 is 2.83 bits per heavy atom. The number of rotatable bonds is 2. The lowest BCUT2D eigenvalue weighted by Crippen LogP contribution is -2.00. The van der Waals surface area contributed by atoms with Crippen LogP contribution in [0.4, 0.5) is 5.82 Å². The van der Waals surface area contributed by atoms with Crippen molar-refractivity contribution in [2.45, 2.75) is 18.8 Å². The lowest BCUT2D eigenvalue weighted by atomic mass is 10.4. The predicted molar refractivity (Wildman–Crippen MR) is 45.0 cm³/mol. The Morgan fingerprint density at radius 1 is 1.50 bits per heavy atom. The first kappa shape index (κ1) is 7.34. The van der Waals surface area contributed by atoms with Crippen molar-refractivity contribution in [1.29, 1.82) is 0 Å². The lowest BCUT2D eigenvalue weighted by Gasteiger charge is -2.02. The molecule has 1 heterocycles. The molecule has 0 amide bonds. The van der Waals surface area contributed by atoms with Crippen LogP contribution in [0.2, 0.25) is 0 Å². The summed E-state index contributed by atoms with van der Waals surface area (Å²) in [6.07, 6.45) is 2.35. The van der Waals surface area contributed by atoms with Crippen molar-refractivity contribution >= 4 is 5.82 Å². The molecule has 0 saturated heterocycles. The summed E-state index contributed by atoms with van der Waals surface area (Å²) < 4.78 is 4.98. The number of hydrogen-bond acceptors (Lipinski definition) is 4. The van der Waals surface area contributed by atoms with Crippen molar-refractivity contribution in [3.05, 3.63) is 11.9 Å². The van der Waals surface area contributed by atoms with E-state index >= 15 is 0 Å². The molecule has 1 fully saturated rings. The predicted octanol–water partition coefficient (Wildman–Crippen LogP) is 0.945. The minimum atomic E-state index is 0.490. The van der Waals surface area contributed by atoms with E-state index in [-0.39, 0.29) is 0 Å². The zero-order valence-electron chi connectivity index (χ0n) is 6.95. The Morgan fingerprint density at radius 2 is 2.25 bits per heavy atom. The average Bonchev–Trinajstić information content (AvgIpc) is 2.85. The van der Waals surface area contributed by atoms with Gasteiger partial charge < -0.3 is 10.5 Å². The van der Waals surface area contributed by atoms with Crippen molar-refractivity contribution in [2.24, 2.45) is 0 Å². The summed E-state index contributed by atoms with van der Waals surface area (Å²) in [6.45, 7) is 0. The average molecular weight is 165 g/mol. The molecule has 4 nitrogen and oxygen atoms in total. The molecular formula is C8H11N3O. The number of nitrogens with zero attached hydrogens (tertiary/aromatic N) is 2. The Balaban J connectivity index is 2.34. The van der Waals surface area contributed by atoms with E-state index in [2.05, 4.69) is 9.97 Å². The third kappa shape index (κ3) is 1.32. The van der Waals surface area contributed by atoms with E-state index in [1.165, 1.54) is 12.8 Å². The van der Waals surface area contributed by atoms with Crippen molar-refractivity contribution < 1.29 is 4.74 Å². The van der Waals surface area contributed by atoms with Crippen molar-refractivity contribution in [3.63, 3.8) is 0 Å². The number of nitrogens with two attached hydrogens (primary N) is 1. The number of nitrogen functional groups attached to an aromatic ring is 1. The topological polar surface area (TPSA) is 61.0 Å². The highest BCUT2D eigenvalue weighted by atomic mass is 16.5. The SMILES string of the molecule is COc1cc(N)nc(C2CC2)n1. The highest BCUT2D eigenvalue weighted by Gasteiger charge is 2.27. The van der Waals surface area contributed by atoms with Gasteiger partial charge in [-0.2, -0.15) is 4.98 Å². The maximum atomic E-state index is 5.57. The molecule has 0 unspecified atom stereocenters. The molecule has 0 aromatic carbocycles. The maximum Gasteiger partial charge on any atom is 0.218 e. The zero-order valence-corrected chi connectivity index (χ0v) is 6.95. The summed E-state index contributed by atoms with van der Waals surface area (Å²) in [7, 11) is 1.58. The van der Waals surface area contributed by atoms with Crippen LogP contribution in [0.5, 0.6) is 5.88 Å². The van der Waals surface area contributed by atoms with Crippen LogP contribution in [-0.4, -0.2) is 17.1 Å². The molecular weight excluding hydrogens is 154 g/mol. The molecule has 1 aromatic heterocycles. The van der Waals surface area contributed by atoms with E-state index in [4.69, 9.17) is 10.5 Å². The van der Waals surface area contributed by atoms with Crippen LogP contribution < -0.4 is 10.5 Å². The molecule has 1 aliphatic carbocycles. The minimum Gasteiger partial charge on any atom is -0.481 e. The number of hydrogen-bond donors (Lipinski definition) is 1. The molecule has 1 saturated carbocycles. The molecule has 64 valence electrons. The third-order valence-electron chi connectivity index (χ3n) is 1.89. The summed E-state index contributed by atoms with van der Waals surface area (Å²) in [4.78, 5) is 8.33. The van der Waals surface area contributed by atoms with Gasteiger partial charge in [-0.25, -0.2) is 4.98 Å². The number of methoxy groups -OCH3 is 1. The molecule has 0 bridgehead atoms. The highest BCUT2D eigenvalue weighted by molar-refractivity contribution is 5.34. The molecule has 1 aliphatic rings. The van der Waals surface area contributed by atoms with Crippen molar-refractivity contribution in [2.75, 3.05) is 12.8 Å². The Bertz CT molecular complexity index is 296. The first-order chi connectivity index (χ1) is 5.79. The van der Waals surface area contributed by atoms with Gasteiger partial charge in [0, 0.05) is 12.0 Å². The largest absolute Gasteiger partial charge is 0.481 e. The van der Waals surface area contributed by atoms with Crippen LogP contribution in [0.15, 0.2) is 6.07 Å². The fraction of sp³-hybridized carbons (Fsp3) is 0.500. The van der Waals surface area contributed by atoms with Gasteiger partial charge in [0.25, 0.3) is 0 Å². The Hall–Kier alpha value is -1.32. The van der Waals surface area contributed by atoms with Crippen LogP contribution in [-0.2, 0) is 0 Å². The molecule has 0 radical (unpaired) electrons. The van der Waals surface area contributed by atoms with Crippen LogP contribution in [0.1, 0.15) is 24.6 Å². The quantitative estimate of drug-likeness (QED) is 0.708. The smallest absolute Gasteiger partial charge is 0.218 e. The summed E-state index contributed by atoms with van der Waals surface area (Å²) in [5.74, 6) is 2.39. The minimum absolute atomic E-state index is 0.490. The van der Waals surface area contributed by atoms with Gasteiger partial charge in [0.05, 0.1) is 7.11 Å². The monoisotopic (exact) mass is 165 g/mol.